The summed E-state index contributed by atoms with van der Waals surface area (Å²) in [7, 11) is 3.91. The highest BCUT2D eigenvalue weighted by Crippen LogP contribution is 2.03. The molecular formula is C11H17N3O3. The summed E-state index contributed by atoms with van der Waals surface area (Å²) < 4.78 is 0. The molecule has 1 aromatic heterocycles. The second-order valence-corrected chi connectivity index (χ2v) is 4.03. The van der Waals surface area contributed by atoms with E-state index in [1.165, 1.54) is 6.07 Å². The highest BCUT2D eigenvalue weighted by atomic mass is 16.3. The molecule has 6 heteroatoms. The summed E-state index contributed by atoms with van der Waals surface area (Å²) in [5, 5.41) is 11.8. The van der Waals surface area contributed by atoms with Crippen molar-refractivity contribution in [3.63, 3.8) is 0 Å². The molecule has 0 unspecified atom stereocenters. The van der Waals surface area contributed by atoms with Gasteiger partial charge in [-0.3, -0.25) is 14.6 Å². The van der Waals surface area contributed by atoms with E-state index in [-0.39, 0.29) is 17.4 Å². The molecule has 0 aromatic carbocycles. The normalized spacial score (nSPS) is 10.5. The zero-order valence-corrected chi connectivity index (χ0v) is 9.99. The maximum atomic E-state index is 11.6. The molecule has 1 aromatic rings. The van der Waals surface area contributed by atoms with Crippen molar-refractivity contribution in [3.8, 4) is 5.88 Å². The molecule has 0 bridgehead atoms. The molecule has 0 spiro atoms. The minimum absolute atomic E-state index is 0.163. The Morgan fingerprint density at radius 2 is 2.18 bits per heavy atom. The lowest BCUT2D eigenvalue weighted by atomic mass is 10.2. The molecule has 0 radical (unpaired) electrons. The lowest BCUT2D eigenvalue weighted by Crippen LogP contribution is -2.28. The number of nitrogens with zero attached hydrogens (tertiary/aromatic N) is 1. The van der Waals surface area contributed by atoms with E-state index in [2.05, 4.69) is 10.3 Å². The molecule has 17 heavy (non-hydrogen) atoms. The van der Waals surface area contributed by atoms with E-state index in [0.717, 1.165) is 19.0 Å². The fourth-order valence-electron chi connectivity index (χ4n) is 1.36. The third-order valence-corrected chi connectivity index (χ3v) is 2.16. The topological polar surface area (TPSA) is 85.4 Å². The van der Waals surface area contributed by atoms with Crippen LogP contribution in [0.25, 0.3) is 0 Å². The molecule has 0 fully saturated rings. The number of carbonyl (C=O) groups is 1. The summed E-state index contributed by atoms with van der Waals surface area (Å²) in [6.45, 7) is 1.41. The van der Waals surface area contributed by atoms with E-state index >= 15 is 0 Å². The summed E-state index contributed by atoms with van der Waals surface area (Å²) in [6, 6.07) is 2.38. The predicted molar refractivity (Wildman–Crippen MR) is 64.2 cm³/mol. The second-order valence-electron chi connectivity index (χ2n) is 4.03. The smallest absolute Gasteiger partial charge is 0.251 e. The highest BCUT2D eigenvalue weighted by molar-refractivity contribution is 5.94. The maximum Gasteiger partial charge on any atom is 0.251 e. The van der Waals surface area contributed by atoms with Crippen molar-refractivity contribution in [2.24, 2.45) is 0 Å². The first-order chi connectivity index (χ1) is 7.99. The number of hydrogen-bond donors (Lipinski definition) is 3. The summed E-state index contributed by atoms with van der Waals surface area (Å²) >= 11 is 0. The van der Waals surface area contributed by atoms with Gasteiger partial charge in [-0.05, 0) is 27.1 Å². The van der Waals surface area contributed by atoms with E-state index < -0.39 is 5.56 Å². The molecular weight excluding hydrogens is 222 g/mol. The number of H-pyrrole nitrogens is 1. The zero-order chi connectivity index (χ0) is 12.8. The molecule has 0 atom stereocenters. The Balaban J connectivity index is 2.50. The van der Waals surface area contributed by atoms with Gasteiger partial charge >= 0.3 is 0 Å². The van der Waals surface area contributed by atoms with E-state index in [4.69, 9.17) is 5.11 Å². The number of aromatic nitrogens is 1. The van der Waals surface area contributed by atoms with Gasteiger partial charge < -0.3 is 15.3 Å². The molecule has 3 N–H and O–H groups in total. The molecule has 0 aliphatic carbocycles. The molecule has 0 aliphatic rings. The molecule has 1 rings (SSSR count). The Bertz CT molecular complexity index is 440. The van der Waals surface area contributed by atoms with Crippen molar-refractivity contribution in [1.29, 1.82) is 0 Å². The van der Waals surface area contributed by atoms with Crippen LogP contribution in [-0.4, -0.2) is 48.1 Å². The third kappa shape index (κ3) is 4.69. The number of aromatic hydroxyl groups is 1. The molecule has 0 saturated heterocycles. The first-order valence-electron chi connectivity index (χ1n) is 5.35. The van der Waals surface area contributed by atoms with Crippen molar-refractivity contribution in [2.75, 3.05) is 27.2 Å². The van der Waals surface area contributed by atoms with Crippen LogP contribution in [0, 0.1) is 0 Å². The Hall–Kier alpha value is -1.82. The van der Waals surface area contributed by atoms with Crippen LogP contribution in [0.3, 0.4) is 0 Å². The number of pyridine rings is 1. The highest BCUT2D eigenvalue weighted by Gasteiger charge is 2.07. The molecule has 94 valence electrons. The average Bonchev–Trinajstić information content (AvgIpc) is 2.22. The fraction of sp³-hybridized carbons (Fsp3) is 0.455. The van der Waals surface area contributed by atoms with Gasteiger partial charge in [-0.15, -0.1) is 0 Å². The van der Waals surface area contributed by atoms with E-state index in [1.54, 1.807) is 0 Å². The van der Waals surface area contributed by atoms with Gasteiger partial charge in [0.05, 0.1) is 5.56 Å². The van der Waals surface area contributed by atoms with Crippen LogP contribution in [0.1, 0.15) is 16.8 Å². The van der Waals surface area contributed by atoms with E-state index in [0.29, 0.717) is 6.54 Å². The number of rotatable bonds is 5. The van der Waals surface area contributed by atoms with Crippen molar-refractivity contribution >= 4 is 5.91 Å². The van der Waals surface area contributed by atoms with Crippen LogP contribution < -0.4 is 10.9 Å². The van der Waals surface area contributed by atoms with Gasteiger partial charge in [0.1, 0.15) is 0 Å². The molecule has 6 nitrogen and oxygen atoms in total. The standard InChI is InChI=1S/C11H17N3O3/c1-14(2)5-3-4-12-11(17)8-6-9(15)13-10(16)7-8/h6-7H,3-5H2,1-2H3,(H,12,17)(H2,13,15,16). The van der Waals surface area contributed by atoms with Gasteiger partial charge in [0.15, 0.2) is 5.88 Å². The number of nitrogens with one attached hydrogen (secondary N) is 2. The van der Waals surface area contributed by atoms with Crippen LogP contribution in [0.5, 0.6) is 5.88 Å². The van der Waals surface area contributed by atoms with Crippen LogP contribution in [0.4, 0.5) is 0 Å². The number of carbonyl (C=O) groups excluding carboxylic acids is 1. The Labute approximate surface area is 99.3 Å². The van der Waals surface area contributed by atoms with Gasteiger partial charge in [0.25, 0.3) is 11.5 Å². The largest absolute Gasteiger partial charge is 0.494 e. The van der Waals surface area contributed by atoms with Crippen LogP contribution >= 0.6 is 0 Å². The van der Waals surface area contributed by atoms with E-state index in [1.807, 2.05) is 19.0 Å². The monoisotopic (exact) mass is 239 g/mol. The summed E-state index contributed by atoms with van der Waals surface area (Å²) in [6.07, 6.45) is 0.827. The molecule has 1 amide bonds. The SMILES string of the molecule is CN(C)CCCNC(=O)c1cc(O)[nH]c(=O)c1. The van der Waals surface area contributed by atoms with Crippen molar-refractivity contribution in [1.82, 2.24) is 15.2 Å². The third-order valence-electron chi connectivity index (χ3n) is 2.16. The van der Waals surface area contributed by atoms with E-state index in [9.17, 15) is 9.59 Å². The van der Waals surface area contributed by atoms with Crippen LogP contribution in [0.15, 0.2) is 16.9 Å². The Morgan fingerprint density at radius 3 is 2.76 bits per heavy atom. The van der Waals surface area contributed by atoms with Gasteiger partial charge in [0, 0.05) is 18.7 Å². The molecule has 0 aliphatic heterocycles. The Kier molecular flexibility index (Phi) is 4.71. The number of amides is 1. The lowest BCUT2D eigenvalue weighted by molar-refractivity contribution is 0.0951. The van der Waals surface area contributed by atoms with Crippen LogP contribution in [0.2, 0.25) is 0 Å². The second kappa shape index (κ2) is 6.05. The molecule has 1 heterocycles. The van der Waals surface area contributed by atoms with Crippen molar-refractivity contribution in [3.05, 3.63) is 28.0 Å². The van der Waals surface area contributed by atoms with Crippen molar-refractivity contribution in [2.45, 2.75) is 6.42 Å². The summed E-state index contributed by atoms with van der Waals surface area (Å²) in [4.78, 5) is 26.8. The number of hydrogen-bond acceptors (Lipinski definition) is 4. The zero-order valence-electron chi connectivity index (χ0n) is 9.99. The van der Waals surface area contributed by atoms with Crippen LogP contribution in [-0.2, 0) is 0 Å². The van der Waals surface area contributed by atoms with Gasteiger partial charge in [-0.25, -0.2) is 0 Å². The lowest BCUT2D eigenvalue weighted by Gasteiger charge is -2.09. The van der Waals surface area contributed by atoms with Gasteiger partial charge in [-0.1, -0.05) is 0 Å². The predicted octanol–water partition coefficient (Wildman–Crippen LogP) is -0.238. The number of aromatic amines is 1. The summed E-state index contributed by atoms with van der Waals surface area (Å²) in [5.74, 6) is -0.666. The van der Waals surface area contributed by atoms with Gasteiger partial charge in [-0.2, -0.15) is 0 Å². The Morgan fingerprint density at radius 1 is 1.47 bits per heavy atom. The molecule has 0 saturated carbocycles. The fourth-order valence-corrected chi connectivity index (χ4v) is 1.36. The van der Waals surface area contributed by atoms with Gasteiger partial charge in [0.2, 0.25) is 0 Å². The maximum absolute atomic E-state index is 11.6. The first-order valence-corrected chi connectivity index (χ1v) is 5.35. The minimum atomic E-state index is -0.497. The summed E-state index contributed by atoms with van der Waals surface area (Å²) in [5.41, 5.74) is -0.334. The quantitative estimate of drug-likeness (QED) is 0.619. The minimum Gasteiger partial charge on any atom is -0.494 e. The first kappa shape index (κ1) is 13.2. The average molecular weight is 239 g/mol. The van der Waals surface area contributed by atoms with Crippen molar-refractivity contribution < 1.29 is 9.90 Å².